The summed E-state index contributed by atoms with van der Waals surface area (Å²) in [6.45, 7) is 1.32. The van der Waals surface area contributed by atoms with E-state index in [9.17, 15) is 13.5 Å². The molecule has 0 aliphatic heterocycles. The standard InChI is InChI=1S/C13H14BrNO3S2/c1-13(9-16,10-5-3-2-4-6-10)15-20(17,18)12-11(14)7-8-19-12/h2-8,15-16H,9H2,1H3. The van der Waals surface area contributed by atoms with Crippen molar-refractivity contribution in [2.24, 2.45) is 0 Å². The van der Waals surface area contributed by atoms with Crippen molar-refractivity contribution in [2.75, 3.05) is 6.61 Å². The van der Waals surface area contributed by atoms with Gasteiger partial charge in [-0.2, -0.15) is 4.72 Å². The van der Waals surface area contributed by atoms with Crippen LogP contribution in [0.5, 0.6) is 0 Å². The molecule has 0 radical (unpaired) electrons. The molecule has 0 aliphatic rings. The van der Waals surface area contributed by atoms with Gasteiger partial charge >= 0.3 is 0 Å². The second-order valence-electron chi connectivity index (χ2n) is 4.52. The van der Waals surface area contributed by atoms with Crippen LogP contribution in [-0.2, 0) is 15.6 Å². The van der Waals surface area contributed by atoms with E-state index in [1.807, 2.05) is 6.07 Å². The molecule has 0 amide bonds. The fraction of sp³-hybridized carbons (Fsp3) is 0.231. The highest BCUT2D eigenvalue weighted by Crippen LogP contribution is 2.30. The quantitative estimate of drug-likeness (QED) is 0.843. The first kappa shape index (κ1) is 15.7. The lowest BCUT2D eigenvalue weighted by atomic mass is 9.94. The van der Waals surface area contributed by atoms with E-state index in [-0.39, 0.29) is 10.8 Å². The molecular formula is C13H14BrNO3S2. The van der Waals surface area contributed by atoms with Crippen molar-refractivity contribution in [1.82, 2.24) is 4.72 Å². The van der Waals surface area contributed by atoms with Gasteiger partial charge in [-0.15, -0.1) is 11.3 Å². The molecule has 0 bridgehead atoms. The normalized spacial score (nSPS) is 14.9. The summed E-state index contributed by atoms with van der Waals surface area (Å²) in [4.78, 5) is 0. The lowest BCUT2D eigenvalue weighted by molar-refractivity contribution is 0.196. The number of halogens is 1. The molecule has 1 aromatic carbocycles. The zero-order chi connectivity index (χ0) is 14.8. The molecule has 7 heteroatoms. The minimum absolute atomic E-state index is 0.202. The molecular weight excluding hydrogens is 362 g/mol. The molecule has 20 heavy (non-hydrogen) atoms. The molecule has 2 N–H and O–H groups in total. The maximum Gasteiger partial charge on any atom is 0.252 e. The van der Waals surface area contributed by atoms with Crippen molar-refractivity contribution < 1.29 is 13.5 Å². The minimum Gasteiger partial charge on any atom is -0.394 e. The Kier molecular flexibility index (Phi) is 4.66. The van der Waals surface area contributed by atoms with Crippen molar-refractivity contribution in [2.45, 2.75) is 16.7 Å². The number of hydrogen-bond donors (Lipinski definition) is 2. The van der Waals surface area contributed by atoms with Gasteiger partial charge in [0.15, 0.2) is 0 Å². The summed E-state index contributed by atoms with van der Waals surface area (Å²) in [5.41, 5.74) is -0.359. The van der Waals surface area contributed by atoms with Crippen molar-refractivity contribution in [3.8, 4) is 0 Å². The highest BCUT2D eigenvalue weighted by molar-refractivity contribution is 9.10. The Hall–Kier alpha value is -0.730. The van der Waals surface area contributed by atoms with Crippen LogP contribution in [0.3, 0.4) is 0 Å². The number of benzene rings is 1. The van der Waals surface area contributed by atoms with E-state index in [0.717, 1.165) is 11.3 Å². The highest BCUT2D eigenvalue weighted by atomic mass is 79.9. The van der Waals surface area contributed by atoms with Crippen LogP contribution in [-0.4, -0.2) is 20.1 Å². The molecule has 1 heterocycles. The van der Waals surface area contributed by atoms with Gasteiger partial charge < -0.3 is 5.11 Å². The lowest BCUT2D eigenvalue weighted by Crippen LogP contribution is -2.46. The Balaban J connectivity index is 2.38. The third-order valence-electron chi connectivity index (χ3n) is 2.92. The van der Waals surface area contributed by atoms with Crippen LogP contribution in [0.2, 0.25) is 0 Å². The van der Waals surface area contributed by atoms with Crippen LogP contribution in [0.15, 0.2) is 50.5 Å². The van der Waals surface area contributed by atoms with Crippen molar-refractivity contribution in [1.29, 1.82) is 0 Å². The molecule has 0 fully saturated rings. The molecule has 0 saturated carbocycles. The van der Waals surface area contributed by atoms with Gasteiger partial charge in [0.1, 0.15) is 4.21 Å². The predicted molar refractivity (Wildman–Crippen MR) is 83.2 cm³/mol. The number of aliphatic hydroxyl groups excluding tert-OH is 1. The Bertz CT molecular complexity index is 685. The van der Waals surface area contributed by atoms with Crippen molar-refractivity contribution in [3.63, 3.8) is 0 Å². The number of thiophene rings is 1. The Morgan fingerprint density at radius 3 is 2.45 bits per heavy atom. The largest absolute Gasteiger partial charge is 0.394 e. The average molecular weight is 376 g/mol. The van der Waals surface area contributed by atoms with Crippen molar-refractivity contribution in [3.05, 3.63) is 51.8 Å². The second-order valence-corrected chi connectivity index (χ2v) is 8.17. The van der Waals surface area contributed by atoms with Crippen LogP contribution in [0.25, 0.3) is 0 Å². The first-order chi connectivity index (χ1) is 9.39. The van der Waals surface area contributed by atoms with Gasteiger partial charge in [0, 0.05) is 4.47 Å². The third kappa shape index (κ3) is 3.12. The third-order valence-corrected chi connectivity index (χ3v) is 7.18. The summed E-state index contributed by atoms with van der Waals surface area (Å²) in [6, 6.07) is 10.7. The smallest absolute Gasteiger partial charge is 0.252 e. The maximum atomic E-state index is 12.4. The topological polar surface area (TPSA) is 66.4 Å². The van der Waals surface area contributed by atoms with Crippen LogP contribution < -0.4 is 4.72 Å². The van der Waals surface area contributed by atoms with E-state index in [4.69, 9.17) is 0 Å². The van der Waals surface area contributed by atoms with Crippen LogP contribution in [0.1, 0.15) is 12.5 Å². The van der Waals surface area contributed by atoms with Gasteiger partial charge in [-0.3, -0.25) is 0 Å². The number of rotatable bonds is 5. The van der Waals surface area contributed by atoms with Gasteiger partial charge in [-0.05, 0) is 39.9 Å². The fourth-order valence-electron chi connectivity index (χ4n) is 1.80. The van der Waals surface area contributed by atoms with Gasteiger partial charge in [0.25, 0.3) is 10.0 Å². The van der Waals surface area contributed by atoms with E-state index in [2.05, 4.69) is 20.7 Å². The summed E-state index contributed by atoms with van der Waals surface area (Å²) in [5.74, 6) is 0. The van der Waals surface area contributed by atoms with Gasteiger partial charge in [-0.25, -0.2) is 8.42 Å². The maximum absolute atomic E-state index is 12.4. The summed E-state index contributed by atoms with van der Waals surface area (Å²) in [6.07, 6.45) is 0. The first-order valence-corrected chi connectivity index (χ1v) is 8.98. The number of sulfonamides is 1. The zero-order valence-electron chi connectivity index (χ0n) is 10.7. The fourth-order valence-corrected chi connectivity index (χ4v) is 5.53. The number of nitrogens with one attached hydrogen (secondary N) is 1. The molecule has 108 valence electrons. The molecule has 2 rings (SSSR count). The molecule has 1 unspecified atom stereocenters. The Morgan fingerprint density at radius 1 is 1.30 bits per heavy atom. The summed E-state index contributed by atoms with van der Waals surface area (Å²) >= 11 is 4.34. The second kappa shape index (κ2) is 5.95. The van der Waals surface area contributed by atoms with Crippen molar-refractivity contribution >= 4 is 37.3 Å². The summed E-state index contributed by atoms with van der Waals surface area (Å²) in [7, 11) is -3.70. The van der Waals surface area contributed by atoms with E-state index in [1.54, 1.807) is 42.6 Å². The number of hydrogen-bond acceptors (Lipinski definition) is 4. The van der Waals surface area contributed by atoms with Gasteiger partial charge in [0.2, 0.25) is 0 Å². The van der Waals surface area contributed by atoms with E-state index >= 15 is 0 Å². The predicted octanol–water partition coefficient (Wildman–Crippen LogP) is 2.70. The average Bonchev–Trinajstić information content (AvgIpc) is 2.86. The SMILES string of the molecule is CC(CO)(NS(=O)(=O)c1sccc1Br)c1ccccc1. The monoisotopic (exact) mass is 375 g/mol. The minimum atomic E-state index is -3.70. The summed E-state index contributed by atoms with van der Waals surface area (Å²) < 4.78 is 28.1. The molecule has 2 aromatic rings. The Labute approximate surface area is 130 Å². The summed E-state index contributed by atoms with van der Waals surface area (Å²) in [5, 5.41) is 11.3. The Morgan fingerprint density at radius 2 is 1.95 bits per heavy atom. The first-order valence-electron chi connectivity index (χ1n) is 5.82. The van der Waals surface area contributed by atoms with E-state index in [0.29, 0.717) is 10.0 Å². The molecule has 0 spiro atoms. The molecule has 1 aromatic heterocycles. The molecule has 0 aliphatic carbocycles. The van der Waals surface area contributed by atoms with Crippen LogP contribution in [0.4, 0.5) is 0 Å². The van der Waals surface area contributed by atoms with Gasteiger partial charge in [-0.1, -0.05) is 30.3 Å². The number of aliphatic hydroxyl groups is 1. The lowest BCUT2D eigenvalue weighted by Gasteiger charge is -2.28. The van der Waals surface area contributed by atoms with Crippen LogP contribution in [0, 0.1) is 0 Å². The van der Waals surface area contributed by atoms with E-state index < -0.39 is 15.6 Å². The highest BCUT2D eigenvalue weighted by Gasteiger charge is 2.33. The molecule has 0 saturated heterocycles. The molecule has 1 atom stereocenters. The zero-order valence-corrected chi connectivity index (χ0v) is 13.9. The van der Waals surface area contributed by atoms with Gasteiger partial charge in [0.05, 0.1) is 12.1 Å². The van der Waals surface area contributed by atoms with E-state index in [1.165, 1.54) is 0 Å². The van der Waals surface area contributed by atoms with Crippen LogP contribution >= 0.6 is 27.3 Å². The molecule has 4 nitrogen and oxygen atoms in total.